The fraction of sp³-hybridized carbons (Fsp3) is 0.132. The highest BCUT2D eigenvalue weighted by Gasteiger charge is 2.24. The van der Waals surface area contributed by atoms with E-state index < -0.39 is 35.3 Å². The van der Waals surface area contributed by atoms with Crippen LogP contribution in [0.4, 0.5) is 11.4 Å². The number of ether oxygens (including phenoxy) is 2. The van der Waals surface area contributed by atoms with E-state index in [1.54, 1.807) is 20.8 Å². The molecular weight excluding hydrogens is 716 g/mol. The number of rotatable bonds is 7. The van der Waals surface area contributed by atoms with E-state index in [0.717, 1.165) is 6.07 Å². The summed E-state index contributed by atoms with van der Waals surface area (Å²) in [6, 6.07) is 20.5. The number of amides is 2. The predicted molar refractivity (Wildman–Crippen MR) is 191 cm³/mol. The fourth-order valence-corrected chi connectivity index (χ4v) is 4.89. The number of aromatic carboxylic acids is 1. The van der Waals surface area contributed by atoms with Crippen molar-refractivity contribution in [1.29, 1.82) is 10.5 Å². The molecule has 0 saturated carbocycles. The highest BCUT2D eigenvalue weighted by atomic mass is 16.6. The number of carbonyl (C=O) groups excluding carboxylic acids is 4. The molecule has 55 heavy (non-hydrogen) atoms. The van der Waals surface area contributed by atoms with Gasteiger partial charge in [0.1, 0.15) is 17.1 Å². The SMILES string of the molecule is CC(=O)Oc1ccc2c(C(=O)Nc3ccc(C#N)cc3C(=O)OC(C)(C)C)noc2c1.N#Cc1ccc(NC(=O)c2noc3cc(O)ccc23)c(C(=O)O)c1. The largest absolute Gasteiger partial charge is 0.508 e. The van der Waals surface area contributed by atoms with E-state index in [2.05, 4.69) is 20.9 Å². The number of benzene rings is 4. The van der Waals surface area contributed by atoms with Crippen LogP contribution in [0.2, 0.25) is 0 Å². The summed E-state index contributed by atoms with van der Waals surface area (Å²) in [4.78, 5) is 60.2. The van der Waals surface area contributed by atoms with Crippen molar-refractivity contribution >= 4 is 63.0 Å². The van der Waals surface area contributed by atoms with Crippen LogP contribution in [0.15, 0.2) is 81.8 Å². The summed E-state index contributed by atoms with van der Waals surface area (Å²) >= 11 is 0. The number of carboxylic acids is 1. The number of aromatic nitrogens is 2. The number of nitrogens with one attached hydrogen (secondary N) is 2. The second-order valence-electron chi connectivity index (χ2n) is 12.5. The maximum absolute atomic E-state index is 12.8. The van der Waals surface area contributed by atoms with Gasteiger partial charge in [-0.2, -0.15) is 10.5 Å². The van der Waals surface area contributed by atoms with Crippen LogP contribution in [0.25, 0.3) is 21.9 Å². The molecule has 0 unspecified atom stereocenters. The Morgan fingerprint density at radius 2 is 1.24 bits per heavy atom. The van der Waals surface area contributed by atoms with Gasteiger partial charge in [-0.1, -0.05) is 10.3 Å². The number of hydrogen-bond acceptors (Lipinski definition) is 14. The lowest BCUT2D eigenvalue weighted by Crippen LogP contribution is -2.25. The van der Waals surface area contributed by atoms with Gasteiger partial charge in [0.05, 0.1) is 56.5 Å². The fourth-order valence-electron chi connectivity index (χ4n) is 4.89. The second kappa shape index (κ2) is 15.7. The molecule has 17 heteroatoms. The van der Waals surface area contributed by atoms with E-state index in [1.165, 1.54) is 73.7 Å². The quantitative estimate of drug-likeness (QED) is 0.105. The summed E-state index contributed by atoms with van der Waals surface area (Å²) in [6.45, 7) is 6.40. The van der Waals surface area contributed by atoms with Gasteiger partial charge in [0.25, 0.3) is 11.8 Å². The molecule has 0 saturated heterocycles. The van der Waals surface area contributed by atoms with Gasteiger partial charge >= 0.3 is 17.9 Å². The molecule has 0 aliphatic rings. The Morgan fingerprint density at radius 1 is 0.727 bits per heavy atom. The van der Waals surface area contributed by atoms with Crippen molar-refractivity contribution in [2.75, 3.05) is 10.6 Å². The molecule has 6 aromatic rings. The maximum Gasteiger partial charge on any atom is 0.340 e. The molecule has 2 amide bonds. The first-order chi connectivity index (χ1) is 26.1. The summed E-state index contributed by atoms with van der Waals surface area (Å²) < 4.78 is 20.5. The number of phenolic OH excluding ortho intramolecular Hbond substituents is 1. The normalized spacial score (nSPS) is 10.7. The molecule has 0 spiro atoms. The van der Waals surface area contributed by atoms with Crippen LogP contribution in [0.3, 0.4) is 0 Å². The smallest absolute Gasteiger partial charge is 0.340 e. The average molecular weight is 745 g/mol. The zero-order valence-electron chi connectivity index (χ0n) is 29.3. The Balaban J connectivity index is 0.000000218. The number of hydrogen-bond donors (Lipinski definition) is 4. The first-order valence-corrected chi connectivity index (χ1v) is 15.9. The first-order valence-electron chi connectivity index (χ1n) is 15.9. The number of esters is 2. The van der Waals surface area contributed by atoms with Gasteiger partial charge in [0.2, 0.25) is 0 Å². The van der Waals surface area contributed by atoms with Crippen LogP contribution >= 0.6 is 0 Å². The Morgan fingerprint density at radius 3 is 1.75 bits per heavy atom. The number of phenols is 1. The Bertz CT molecular complexity index is 2600. The lowest BCUT2D eigenvalue weighted by molar-refractivity contribution is -0.131. The number of aromatic hydroxyl groups is 1. The van der Waals surface area contributed by atoms with E-state index in [9.17, 15) is 34.2 Å². The molecular formula is C38H28N6O11. The van der Waals surface area contributed by atoms with E-state index in [-0.39, 0.29) is 67.7 Å². The number of carboxylic acid groups (broad SMARTS) is 1. The third kappa shape index (κ3) is 9.07. The number of nitrogens with zero attached hydrogens (tertiary/aromatic N) is 4. The Kier molecular flexibility index (Phi) is 10.9. The van der Waals surface area contributed by atoms with Crippen LogP contribution in [0, 0.1) is 22.7 Å². The molecule has 17 nitrogen and oxygen atoms in total. The van der Waals surface area contributed by atoms with E-state index in [1.807, 2.05) is 12.1 Å². The van der Waals surface area contributed by atoms with Crippen molar-refractivity contribution in [2.24, 2.45) is 0 Å². The summed E-state index contributed by atoms with van der Waals surface area (Å²) in [5.74, 6) is -3.55. The maximum atomic E-state index is 12.8. The molecule has 0 fully saturated rings. The number of carbonyl (C=O) groups is 5. The lowest BCUT2D eigenvalue weighted by atomic mass is 10.1. The summed E-state index contributed by atoms with van der Waals surface area (Å²) in [5.41, 5.74) is 0.0382. The van der Waals surface area contributed by atoms with E-state index >= 15 is 0 Å². The zero-order valence-corrected chi connectivity index (χ0v) is 29.3. The van der Waals surface area contributed by atoms with Gasteiger partial charge in [0, 0.05) is 19.1 Å². The number of nitriles is 2. The summed E-state index contributed by atoms with van der Waals surface area (Å²) in [5, 5.41) is 49.8. The van der Waals surface area contributed by atoms with Crippen molar-refractivity contribution < 1.29 is 52.7 Å². The lowest BCUT2D eigenvalue weighted by Gasteiger charge is -2.20. The third-order valence-electron chi connectivity index (χ3n) is 7.23. The molecule has 0 atom stereocenters. The number of anilines is 2. The topological polar surface area (TPSA) is 268 Å². The highest BCUT2D eigenvalue weighted by molar-refractivity contribution is 6.13. The van der Waals surface area contributed by atoms with Crippen LogP contribution in [0.1, 0.15) is 80.5 Å². The molecule has 2 heterocycles. The van der Waals surface area contributed by atoms with Crippen LogP contribution in [0.5, 0.6) is 11.5 Å². The minimum Gasteiger partial charge on any atom is -0.508 e. The molecule has 6 rings (SSSR count). The third-order valence-corrected chi connectivity index (χ3v) is 7.23. The minimum absolute atomic E-state index is 0.0242. The first kappa shape index (κ1) is 38.2. The van der Waals surface area contributed by atoms with Crippen molar-refractivity contribution in [3.05, 3.63) is 106 Å². The molecule has 0 radical (unpaired) electrons. The van der Waals surface area contributed by atoms with Gasteiger partial charge in [-0.05, 0) is 81.4 Å². The van der Waals surface area contributed by atoms with Crippen molar-refractivity contribution in [2.45, 2.75) is 33.3 Å². The highest BCUT2D eigenvalue weighted by Crippen LogP contribution is 2.28. The van der Waals surface area contributed by atoms with Gasteiger partial charge in [-0.25, -0.2) is 9.59 Å². The van der Waals surface area contributed by atoms with Gasteiger partial charge in [-0.15, -0.1) is 0 Å². The van der Waals surface area contributed by atoms with Crippen molar-refractivity contribution in [3.63, 3.8) is 0 Å². The summed E-state index contributed by atoms with van der Waals surface area (Å²) in [6.07, 6.45) is 0. The second-order valence-corrected chi connectivity index (χ2v) is 12.5. The summed E-state index contributed by atoms with van der Waals surface area (Å²) in [7, 11) is 0. The van der Waals surface area contributed by atoms with Crippen molar-refractivity contribution in [1.82, 2.24) is 10.3 Å². The number of fused-ring (bicyclic) bond motifs is 2. The molecule has 4 N–H and O–H groups in total. The van der Waals surface area contributed by atoms with E-state index in [0.29, 0.717) is 10.8 Å². The molecule has 4 aromatic carbocycles. The predicted octanol–water partition coefficient (Wildman–Crippen LogP) is 6.19. The van der Waals surface area contributed by atoms with Gasteiger partial charge < -0.3 is 39.4 Å². The Hall–Kier alpha value is -8.05. The molecule has 2 aromatic heterocycles. The average Bonchev–Trinajstić information content (AvgIpc) is 3.75. The Labute approximate surface area is 310 Å². The zero-order chi connectivity index (χ0) is 40.0. The molecule has 276 valence electrons. The van der Waals surface area contributed by atoms with Gasteiger partial charge in [0.15, 0.2) is 22.6 Å². The monoisotopic (exact) mass is 744 g/mol. The van der Waals surface area contributed by atoms with E-state index in [4.69, 9.17) is 29.0 Å². The molecule has 0 bridgehead atoms. The van der Waals surface area contributed by atoms with Crippen LogP contribution < -0.4 is 15.4 Å². The molecule has 0 aliphatic heterocycles. The molecule has 0 aliphatic carbocycles. The minimum atomic E-state index is -1.28. The van der Waals surface area contributed by atoms with Crippen LogP contribution in [-0.4, -0.2) is 55.8 Å². The van der Waals surface area contributed by atoms with Crippen molar-refractivity contribution in [3.8, 4) is 23.6 Å². The van der Waals surface area contributed by atoms with Crippen LogP contribution in [-0.2, 0) is 9.53 Å². The van der Waals surface area contributed by atoms with Gasteiger partial charge in [-0.3, -0.25) is 14.4 Å². The standard InChI is InChI=1S/C22H19N3O6.C16H9N3O5/c1-12(26)29-14-6-7-15-18(10-14)31-25-19(15)20(27)24-17-8-5-13(11-23)9-16(17)21(28)30-22(2,3)4;17-7-8-1-4-12(11(5-8)16(22)23)18-15(21)14-10-3-2-9(20)6-13(10)24-19-14/h5-10H,1-4H3,(H,24,27);1-6,20H,(H,18,21)(H,22,23).